The minimum absolute atomic E-state index is 0.189. The number of nitrogens with zero attached hydrogens (tertiary/aromatic N) is 3. The predicted octanol–water partition coefficient (Wildman–Crippen LogP) is 1.80. The molecule has 2 heterocycles. The van der Waals surface area contributed by atoms with Crippen molar-refractivity contribution in [3.05, 3.63) is 60.0 Å². The van der Waals surface area contributed by atoms with E-state index in [1.165, 1.54) is 0 Å². The first-order valence-electron chi connectivity index (χ1n) is 7.45. The van der Waals surface area contributed by atoms with Gasteiger partial charge in [0.05, 0.1) is 11.6 Å². The lowest BCUT2D eigenvalue weighted by atomic mass is 10.2. The molecule has 0 aliphatic carbocycles. The molecule has 24 heavy (non-hydrogen) atoms. The van der Waals surface area contributed by atoms with Crippen molar-refractivity contribution >= 4 is 17.8 Å². The van der Waals surface area contributed by atoms with Crippen LogP contribution in [0, 0.1) is 0 Å². The highest BCUT2D eigenvalue weighted by Crippen LogP contribution is 2.16. The molecular formula is C17H16N4O3. The van der Waals surface area contributed by atoms with Gasteiger partial charge >= 0.3 is 0 Å². The molecule has 1 amide bonds. The molecule has 3 rings (SSSR count). The molecule has 0 bridgehead atoms. The first-order valence-corrected chi connectivity index (χ1v) is 7.45. The number of aromatic nitrogens is 3. The Morgan fingerprint density at radius 1 is 1.25 bits per heavy atom. The zero-order valence-corrected chi connectivity index (χ0v) is 13.0. The summed E-state index contributed by atoms with van der Waals surface area (Å²) in [5.74, 6) is 0.700. The van der Waals surface area contributed by atoms with Gasteiger partial charge in [0.15, 0.2) is 24.4 Å². The number of carbonyl (C=O) groups is 2. The molecule has 1 N–H and O–H groups in total. The lowest BCUT2D eigenvalue weighted by Crippen LogP contribution is -2.32. The Kier molecular flexibility index (Phi) is 4.51. The van der Waals surface area contributed by atoms with Crippen LogP contribution in [0.15, 0.2) is 48.7 Å². The van der Waals surface area contributed by atoms with Crippen molar-refractivity contribution in [1.82, 2.24) is 19.9 Å². The SMILES string of the molecule is CC(NC(=O)COc1ccccc1C=O)c1nnc2ccccn12. The molecule has 0 aliphatic heterocycles. The number of amides is 1. The Hall–Kier alpha value is -3.22. The predicted molar refractivity (Wildman–Crippen MR) is 86.9 cm³/mol. The number of hydrogen-bond donors (Lipinski definition) is 1. The number of para-hydroxylation sites is 1. The Morgan fingerprint density at radius 3 is 2.88 bits per heavy atom. The third-order valence-electron chi connectivity index (χ3n) is 3.51. The highest BCUT2D eigenvalue weighted by molar-refractivity contribution is 5.80. The van der Waals surface area contributed by atoms with E-state index in [9.17, 15) is 9.59 Å². The van der Waals surface area contributed by atoms with E-state index in [-0.39, 0.29) is 18.6 Å². The number of pyridine rings is 1. The summed E-state index contributed by atoms with van der Waals surface area (Å²) in [7, 11) is 0. The molecule has 1 atom stereocenters. The average molecular weight is 324 g/mol. The van der Waals surface area contributed by atoms with Gasteiger partial charge in [-0.3, -0.25) is 14.0 Å². The quantitative estimate of drug-likeness (QED) is 0.699. The van der Waals surface area contributed by atoms with Gasteiger partial charge in [0.1, 0.15) is 5.75 Å². The van der Waals surface area contributed by atoms with Crippen LogP contribution in [-0.4, -0.2) is 33.4 Å². The van der Waals surface area contributed by atoms with Crippen LogP contribution >= 0.6 is 0 Å². The molecule has 0 saturated heterocycles. The second-order valence-corrected chi connectivity index (χ2v) is 5.22. The van der Waals surface area contributed by atoms with Gasteiger partial charge in [0.25, 0.3) is 5.91 Å². The van der Waals surface area contributed by atoms with Crippen LogP contribution in [-0.2, 0) is 4.79 Å². The lowest BCUT2D eigenvalue weighted by molar-refractivity contribution is -0.123. The van der Waals surface area contributed by atoms with Gasteiger partial charge in [0.2, 0.25) is 0 Å². The van der Waals surface area contributed by atoms with Gasteiger partial charge in [-0.1, -0.05) is 18.2 Å². The van der Waals surface area contributed by atoms with Gasteiger partial charge in [-0.15, -0.1) is 10.2 Å². The van der Waals surface area contributed by atoms with Crippen LogP contribution < -0.4 is 10.1 Å². The summed E-state index contributed by atoms with van der Waals surface area (Å²) < 4.78 is 7.22. The maximum absolute atomic E-state index is 12.1. The third kappa shape index (κ3) is 3.24. The van der Waals surface area contributed by atoms with Crippen LogP contribution in [0.1, 0.15) is 29.1 Å². The average Bonchev–Trinajstić information content (AvgIpc) is 3.04. The zero-order valence-electron chi connectivity index (χ0n) is 13.0. The smallest absolute Gasteiger partial charge is 0.258 e. The summed E-state index contributed by atoms with van der Waals surface area (Å²) in [6.45, 7) is 1.63. The van der Waals surface area contributed by atoms with E-state index in [2.05, 4.69) is 15.5 Å². The fourth-order valence-electron chi connectivity index (χ4n) is 2.36. The maximum Gasteiger partial charge on any atom is 0.258 e. The normalized spacial score (nSPS) is 11.9. The molecule has 122 valence electrons. The highest BCUT2D eigenvalue weighted by atomic mass is 16.5. The minimum atomic E-state index is -0.334. The molecule has 7 nitrogen and oxygen atoms in total. The molecule has 0 radical (unpaired) electrons. The van der Waals surface area contributed by atoms with E-state index in [1.54, 1.807) is 24.3 Å². The van der Waals surface area contributed by atoms with Gasteiger partial charge in [0, 0.05) is 6.20 Å². The second-order valence-electron chi connectivity index (χ2n) is 5.22. The number of nitrogens with one attached hydrogen (secondary N) is 1. The summed E-state index contributed by atoms with van der Waals surface area (Å²) in [6, 6.07) is 12.0. The van der Waals surface area contributed by atoms with E-state index in [0.29, 0.717) is 29.1 Å². The number of fused-ring (bicyclic) bond motifs is 1. The molecule has 1 aromatic carbocycles. The highest BCUT2D eigenvalue weighted by Gasteiger charge is 2.16. The van der Waals surface area contributed by atoms with E-state index in [0.717, 1.165) is 0 Å². The summed E-state index contributed by atoms with van der Waals surface area (Å²) in [4.78, 5) is 23.0. The summed E-state index contributed by atoms with van der Waals surface area (Å²) in [5.41, 5.74) is 1.12. The van der Waals surface area contributed by atoms with Crippen LogP contribution in [0.5, 0.6) is 5.75 Å². The molecule has 7 heteroatoms. The molecular weight excluding hydrogens is 308 g/mol. The van der Waals surface area contributed by atoms with Crippen LogP contribution in [0.4, 0.5) is 0 Å². The standard InChI is InChI=1S/C17H16N4O3/c1-12(17-20-19-15-8-4-5-9-21(15)17)18-16(23)11-24-14-7-3-2-6-13(14)10-22/h2-10,12H,11H2,1H3,(H,18,23). The second kappa shape index (κ2) is 6.91. The molecule has 2 aromatic heterocycles. The third-order valence-corrected chi connectivity index (χ3v) is 3.51. The first-order chi connectivity index (χ1) is 11.7. The molecule has 3 aromatic rings. The van der Waals surface area contributed by atoms with E-state index in [1.807, 2.05) is 35.7 Å². The van der Waals surface area contributed by atoms with Crippen molar-refractivity contribution in [2.75, 3.05) is 6.61 Å². The van der Waals surface area contributed by atoms with Crippen LogP contribution in [0.2, 0.25) is 0 Å². The minimum Gasteiger partial charge on any atom is -0.483 e. The molecule has 0 aliphatic rings. The Labute approximate surface area is 138 Å². The van der Waals surface area contributed by atoms with Crippen molar-refractivity contribution < 1.29 is 14.3 Å². The zero-order chi connectivity index (χ0) is 16.9. The monoisotopic (exact) mass is 324 g/mol. The Balaban J connectivity index is 1.63. The number of ether oxygens (including phenoxy) is 1. The van der Waals surface area contributed by atoms with Crippen LogP contribution in [0.3, 0.4) is 0 Å². The van der Waals surface area contributed by atoms with E-state index >= 15 is 0 Å². The van der Waals surface area contributed by atoms with Gasteiger partial charge in [-0.2, -0.15) is 0 Å². The summed E-state index contributed by atoms with van der Waals surface area (Å²) in [5, 5.41) is 11.0. The fourth-order valence-corrected chi connectivity index (χ4v) is 2.36. The Morgan fingerprint density at radius 2 is 2.04 bits per heavy atom. The largest absolute Gasteiger partial charge is 0.483 e. The molecule has 1 unspecified atom stereocenters. The van der Waals surface area contributed by atoms with Crippen molar-refractivity contribution in [2.45, 2.75) is 13.0 Å². The summed E-state index contributed by atoms with van der Waals surface area (Å²) >= 11 is 0. The topological polar surface area (TPSA) is 85.6 Å². The number of aldehydes is 1. The van der Waals surface area contributed by atoms with Gasteiger partial charge in [-0.05, 0) is 31.2 Å². The summed E-state index contributed by atoms with van der Waals surface area (Å²) in [6.07, 6.45) is 2.53. The van der Waals surface area contributed by atoms with Crippen LogP contribution in [0.25, 0.3) is 5.65 Å². The van der Waals surface area contributed by atoms with E-state index in [4.69, 9.17) is 4.74 Å². The van der Waals surface area contributed by atoms with Gasteiger partial charge < -0.3 is 10.1 Å². The molecule has 0 spiro atoms. The Bertz CT molecular complexity index is 875. The number of benzene rings is 1. The van der Waals surface area contributed by atoms with Crippen molar-refractivity contribution in [2.24, 2.45) is 0 Å². The number of hydrogen-bond acceptors (Lipinski definition) is 5. The van der Waals surface area contributed by atoms with Crippen molar-refractivity contribution in [1.29, 1.82) is 0 Å². The van der Waals surface area contributed by atoms with Crippen molar-refractivity contribution in [3.8, 4) is 5.75 Å². The molecule has 0 fully saturated rings. The molecule has 0 saturated carbocycles. The number of carbonyl (C=O) groups excluding carboxylic acids is 2. The van der Waals surface area contributed by atoms with E-state index < -0.39 is 0 Å². The first kappa shape index (κ1) is 15.7. The fraction of sp³-hybridized carbons (Fsp3) is 0.176. The van der Waals surface area contributed by atoms with Gasteiger partial charge in [-0.25, -0.2) is 0 Å². The maximum atomic E-state index is 12.1. The van der Waals surface area contributed by atoms with Crippen molar-refractivity contribution in [3.63, 3.8) is 0 Å². The lowest BCUT2D eigenvalue weighted by Gasteiger charge is -2.13. The number of rotatable bonds is 6.